The molecule has 3 rings (SSSR count). The Kier molecular flexibility index (Phi) is 4.03. The van der Waals surface area contributed by atoms with Gasteiger partial charge < -0.3 is 5.73 Å². The van der Waals surface area contributed by atoms with Gasteiger partial charge in [-0.1, -0.05) is 18.2 Å². The van der Waals surface area contributed by atoms with Crippen LogP contribution < -0.4 is 5.73 Å². The molecule has 0 fully saturated rings. The number of halogens is 1. The molecule has 104 valence electrons. The van der Waals surface area contributed by atoms with E-state index in [0.29, 0.717) is 16.6 Å². The Balaban J connectivity index is 1.66. The Morgan fingerprint density at radius 2 is 2.15 bits per heavy atom. The first-order chi connectivity index (χ1) is 9.75. The highest BCUT2D eigenvalue weighted by Gasteiger charge is 2.28. The topological polar surface area (TPSA) is 38.9 Å². The number of aromatic nitrogens is 1. The minimum absolute atomic E-state index is 0.00996. The molecule has 0 saturated carbocycles. The molecule has 1 aliphatic rings. The van der Waals surface area contributed by atoms with Gasteiger partial charge in [0.25, 0.3) is 0 Å². The Bertz CT molecular complexity index is 603. The van der Waals surface area contributed by atoms with Crippen molar-refractivity contribution < 1.29 is 4.39 Å². The third-order valence-corrected chi connectivity index (χ3v) is 4.98. The predicted molar refractivity (Wildman–Crippen MR) is 80.4 cm³/mol. The molecule has 20 heavy (non-hydrogen) atoms. The minimum atomic E-state index is -0.172. The van der Waals surface area contributed by atoms with E-state index in [1.54, 1.807) is 12.1 Å². The number of pyridine rings is 1. The highest BCUT2D eigenvalue weighted by Crippen LogP contribution is 2.35. The summed E-state index contributed by atoms with van der Waals surface area (Å²) in [6.07, 6.45) is 3.92. The molecule has 2 unspecified atom stereocenters. The summed E-state index contributed by atoms with van der Waals surface area (Å²) >= 11 is 1.49. The van der Waals surface area contributed by atoms with Crippen LogP contribution in [0.3, 0.4) is 0 Å². The summed E-state index contributed by atoms with van der Waals surface area (Å²) < 4.78 is 13.6. The van der Waals surface area contributed by atoms with Gasteiger partial charge in [-0.25, -0.2) is 4.39 Å². The summed E-state index contributed by atoms with van der Waals surface area (Å²) in [5.74, 6) is 0.835. The number of nitrogens with two attached hydrogens (primary N) is 1. The summed E-state index contributed by atoms with van der Waals surface area (Å²) in [6, 6.07) is 10.9. The zero-order chi connectivity index (χ0) is 13.9. The van der Waals surface area contributed by atoms with Gasteiger partial charge in [-0.05, 0) is 36.6 Å². The van der Waals surface area contributed by atoms with Crippen LogP contribution in [-0.4, -0.2) is 16.8 Å². The molecule has 1 aromatic heterocycles. The molecule has 0 spiro atoms. The van der Waals surface area contributed by atoms with Gasteiger partial charge in [0.1, 0.15) is 5.82 Å². The van der Waals surface area contributed by atoms with Crippen molar-refractivity contribution >= 4 is 11.8 Å². The Morgan fingerprint density at radius 1 is 1.30 bits per heavy atom. The average molecular weight is 288 g/mol. The molecular formula is C16H17FN2S. The van der Waals surface area contributed by atoms with E-state index in [2.05, 4.69) is 11.1 Å². The normalized spacial score (nSPS) is 18.8. The lowest BCUT2D eigenvalue weighted by atomic mass is 9.99. The molecule has 2 N–H and O–H groups in total. The third kappa shape index (κ3) is 2.72. The molecule has 2 atom stereocenters. The molecular weight excluding hydrogens is 271 g/mol. The van der Waals surface area contributed by atoms with Crippen LogP contribution >= 0.6 is 11.8 Å². The number of fused-ring (bicyclic) bond motifs is 1. The molecule has 4 heteroatoms. The van der Waals surface area contributed by atoms with E-state index in [1.165, 1.54) is 23.4 Å². The van der Waals surface area contributed by atoms with Crippen molar-refractivity contribution in [1.82, 2.24) is 4.98 Å². The molecule has 1 aliphatic carbocycles. The van der Waals surface area contributed by atoms with Crippen LogP contribution in [0.2, 0.25) is 0 Å². The Morgan fingerprint density at radius 3 is 3.00 bits per heavy atom. The number of hydrogen-bond donors (Lipinski definition) is 1. The quantitative estimate of drug-likeness (QED) is 0.877. The van der Waals surface area contributed by atoms with Crippen LogP contribution in [-0.2, 0) is 6.42 Å². The Labute approximate surface area is 122 Å². The molecule has 0 amide bonds. The van der Waals surface area contributed by atoms with Gasteiger partial charge in [-0.3, -0.25) is 4.98 Å². The van der Waals surface area contributed by atoms with Crippen LogP contribution in [0.5, 0.6) is 0 Å². The summed E-state index contributed by atoms with van der Waals surface area (Å²) in [4.78, 5) is 5.14. The van der Waals surface area contributed by atoms with E-state index < -0.39 is 0 Å². The standard InChI is InChI=1S/C16H17FN2S/c17-13-5-1-2-6-15(13)20-10-14(18)12-8-7-11-4-3-9-19-16(11)12/h1-6,9,12,14H,7-8,10,18H2. The number of thioether (sulfide) groups is 1. The maximum atomic E-state index is 13.6. The van der Waals surface area contributed by atoms with Gasteiger partial charge in [0.05, 0.1) is 0 Å². The number of benzene rings is 1. The minimum Gasteiger partial charge on any atom is -0.326 e. The van der Waals surface area contributed by atoms with Crippen LogP contribution in [0.4, 0.5) is 4.39 Å². The van der Waals surface area contributed by atoms with Crippen molar-refractivity contribution in [3.05, 3.63) is 59.7 Å². The third-order valence-electron chi connectivity index (χ3n) is 3.79. The smallest absolute Gasteiger partial charge is 0.136 e. The van der Waals surface area contributed by atoms with Crippen LogP contribution in [0.25, 0.3) is 0 Å². The van der Waals surface area contributed by atoms with Crippen LogP contribution in [0.1, 0.15) is 23.6 Å². The Hall–Kier alpha value is -1.39. The molecule has 0 radical (unpaired) electrons. The second-order valence-electron chi connectivity index (χ2n) is 5.10. The molecule has 0 aliphatic heterocycles. The second-order valence-corrected chi connectivity index (χ2v) is 6.16. The van der Waals surface area contributed by atoms with Crippen molar-refractivity contribution in [3.63, 3.8) is 0 Å². The second kappa shape index (κ2) is 5.94. The summed E-state index contributed by atoms with van der Waals surface area (Å²) in [7, 11) is 0. The van der Waals surface area contributed by atoms with Crippen molar-refractivity contribution in [1.29, 1.82) is 0 Å². The van der Waals surface area contributed by atoms with E-state index in [-0.39, 0.29) is 11.9 Å². The lowest BCUT2D eigenvalue weighted by molar-refractivity contribution is 0.559. The van der Waals surface area contributed by atoms with Gasteiger partial charge in [0.15, 0.2) is 0 Å². The van der Waals surface area contributed by atoms with Gasteiger partial charge in [-0.15, -0.1) is 11.8 Å². The highest BCUT2D eigenvalue weighted by molar-refractivity contribution is 7.99. The summed E-state index contributed by atoms with van der Waals surface area (Å²) in [5.41, 5.74) is 8.75. The lowest BCUT2D eigenvalue weighted by Crippen LogP contribution is -2.30. The SMILES string of the molecule is NC(CSc1ccccc1F)C1CCc2cccnc21. The summed E-state index contributed by atoms with van der Waals surface area (Å²) in [6.45, 7) is 0. The molecule has 0 saturated heterocycles. The first-order valence-corrected chi connectivity index (χ1v) is 7.81. The summed E-state index contributed by atoms with van der Waals surface area (Å²) in [5, 5.41) is 0. The van der Waals surface area contributed by atoms with Crippen molar-refractivity contribution in [3.8, 4) is 0 Å². The number of rotatable bonds is 4. The van der Waals surface area contributed by atoms with Crippen LogP contribution in [0, 0.1) is 5.82 Å². The van der Waals surface area contributed by atoms with E-state index in [0.717, 1.165) is 18.5 Å². The molecule has 1 aromatic carbocycles. The fourth-order valence-electron chi connectivity index (χ4n) is 2.72. The largest absolute Gasteiger partial charge is 0.326 e. The van der Waals surface area contributed by atoms with E-state index in [1.807, 2.05) is 18.3 Å². The molecule has 1 heterocycles. The molecule has 2 nitrogen and oxygen atoms in total. The zero-order valence-electron chi connectivity index (χ0n) is 11.1. The van der Waals surface area contributed by atoms with Crippen LogP contribution in [0.15, 0.2) is 47.5 Å². The highest BCUT2D eigenvalue weighted by atomic mass is 32.2. The number of nitrogens with zero attached hydrogens (tertiary/aromatic N) is 1. The monoisotopic (exact) mass is 288 g/mol. The van der Waals surface area contributed by atoms with E-state index in [4.69, 9.17) is 5.73 Å². The number of hydrogen-bond acceptors (Lipinski definition) is 3. The first kappa shape index (κ1) is 13.6. The van der Waals surface area contributed by atoms with E-state index >= 15 is 0 Å². The number of aryl methyl sites for hydroxylation is 1. The van der Waals surface area contributed by atoms with Crippen molar-refractivity contribution in [2.45, 2.75) is 29.7 Å². The maximum absolute atomic E-state index is 13.6. The fraction of sp³-hybridized carbons (Fsp3) is 0.312. The van der Waals surface area contributed by atoms with E-state index in [9.17, 15) is 4.39 Å². The van der Waals surface area contributed by atoms with Gasteiger partial charge >= 0.3 is 0 Å². The first-order valence-electron chi connectivity index (χ1n) is 6.82. The molecule has 0 bridgehead atoms. The molecule has 2 aromatic rings. The zero-order valence-corrected chi connectivity index (χ0v) is 11.9. The lowest BCUT2D eigenvalue weighted by Gasteiger charge is -2.19. The maximum Gasteiger partial charge on any atom is 0.136 e. The van der Waals surface area contributed by atoms with Crippen molar-refractivity contribution in [2.24, 2.45) is 5.73 Å². The van der Waals surface area contributed by atoms with Gasteiger partial charge in [0.2, 0.25) is 0 Å². The average Bonchev–Trinajstić information content (AvgIpc) is 2.90. The van der Waals surface area contributed by atoms with Gasteiger partial charge in [0, 0.05) is 34.5 Å². The fourth-order valence-corrected chi connectivity index (χ4v) is 3.71. The van der Waals surface area contributed by atoms with Crippen molar-refractivity contribution in [2.75, 3.05) is 5.75 Å². The predicted octanol–water partition coefficient (Wildman–Crippen LogP) is 3.37. The van der Waals surface area contributed by atoms with Gasteiger partial charge in [-0.2, -0.15) is 0 Å².